The van der Waals surface area contributed by atoms with Crippen molar-refractivity contribution >= 4 is 63.5 Å². The molecule has 1 aliphatic rings. The molecule has 1 amide bonds. The minimum atomic E-state index is -1.26. The van der Waals surface area contributed by atoms with Crippen LogP contribution in [0.25, 0.3) is 6.08 Å². The summed E-state index contributed by atoms with van der Waals surface area (Å²) in [5.74, 6) is -2.06. The number of amides is 1. The number of carboxylic acids is 1. The number of carbonyl (C=O) groups is 2. The highest BCUT2D eigenvalue weighted by Gasteiger charge is 2.34. The first-order chi connectivity index (χ1) is 11.9. The first-order valence-corrected chi connectivity index (χ1v) is 8.57. The van der Waals surface area contributed by atoms with Crippen LogP contribution in [0.4, 0.5) is 5.69 Å². The molecule has 0 aromatic heterocycles. The van der Waals surface area contributed by atoms with E-state index < -0.39 is 11.7 Å². The van der Waals surface area contributed by atoms with Gasteiger partial charge < -0.3 is 10.2 Å². The lowest BCUT2D eigenvalue weighted by atomic mass is 10.1. The zero-order chi connectivity index (χ0) is 18.1. The van der Waals surface area contributed by atoms with Gasteiger partial charge in [0.05, 0.1) is 10.6 Å². The number of anilines is 1. The number of benzene rings is 2. The van der Waals surface area contributed by atoms with Crippen LogP contribution in [0.2, 0.25) is 5.02 Å². The van der Waals surface area contributed by atoms with Gasteiger partial charge in [0.1, 0.15) is 11.3 Å². The Morgan fingerprint density at radius 1 is 1.24 bits per heavy atom. The predicted octanol–water partition coefficient (Wildman–Crippen LogP) is 4.15. The lowest BCUT2D eigenvalue weighted by molar-refractivity contribution is -0.113. The number of carbonyl (C=O) groups excluding carboxylic acids is 1. The summed E-state index contributed by atoms with van der Waals surface area (Å²) in [4.78, 5) is 25.3. The molecule has 1 saturated heterocycles. The van der Waals surface area contributed by atoms with Crippen LogP contribution in [0.15, 0.2) is 47.4 Å². The van der Waals surface area contributed by atoms with Gasteiger partial charge in [0.25, 0.3) is 5.91 Å². The standard InChI is InChI=1S/C17H10ClNO4S2/c18-12-4-2-1-3-9(12)7-14-15(21)19(17(24)25-14)10-5-6-11(16(22)23)13(20)8-10/h1-8,20H,(H,22,23). The van der Waals surface area contributed by atoms with Gasteiger partial charge in [-0.05, 0) is 29.8 Å². The van der Waals surface area contributed by atoms with Crippen molar-refractivity contribution in [3.8, 4) is 5.75 Å². The van der Waals surface area contributed by atoms with Gasteiger partial charge in [0, 0.05) is 11.1 Å². The molecule has 1 heterocycles. The molecule has 0 unspecified atom stereocenters. The van der Waals surface area contributed by atoms with Crippen LogP contribution >= 0.6 is 35.6 Å². The number of nitrogens with zero attached hydrogens (tertiary/aromatic N) is 1. The monoisotopic (exact) mass is 391 g/mol. The van der Waals surface area contributed by atoms with Crippen LogP contribution in [0, 0.1) is 0 Å². The van der Waals surface area contributed by atoms with E-state index in [9.17, 15) is 14.7 Å². The van der Waals surface area contributed by atoms with Crippen LogP contribution in [0.3, 0.4) is 0 Å². The molecule has 1 aliphatic heterocycles. The highest BCUT2D eigenvalue weighted by molar-refractivity contribution is 8.27. The SMILES string of the molecule is O=C(O)c1ccc(N2C(=O)C(=Cc3ccccc3Cl)SC2=S)cc1O. The number of phenols is 1. The summed E-state index contributed by atoms with van der Waals surface area (Å²) in [7, 11) is 0. The fourth-order valence-electron chi connectivity index (χ4n) is 2.26. The molecule has 5 nitrogen and oxygen atoms in total. The molecule has 2 aromatic rings. The van der Waals surface area contributed by atoms with E-state index in [0.717, 1.165) is 11.8 Å². The molecule has 8 heteroatoms. The predicted molar refractivity (Wildman–Crippen MR) is 102 cm³/mol. The third kappa shape index (κ3) is 3.39. The normalized spacial score (nSPS) is 15.9. The van der Waals surface area contributed by atoms with Crippen molar-refractivity contribution in [2.45, 2.75) is 0 Å². The van der Waals surface area contributed by atoms with Crippen molar-refractivity contribution in [2.75, 3.05) is 4.90 Å². The first-order valence-electron chi connectivity index (χ1n) is 6.97. The summed E-state index contributed by atoms with van der Waals surface area (Å²) >= 11 is 12.5. The molecule has 25 heavy (non-hydrogen) atoms. The second-order valence-corrected chi connectivity index (χ2v) is 7.13. The van der Waals surface area contributed by atoms with Crippen LogP contribution in [0.5, 0.6) is 5.75 Å². The van der Waals surface area contributed by atoms with E-state index in [4.69, 9.17) is 28.9 Å². The molecular formula is C17H10ClNO4S2. The summed E-state index contributed by atoms with van der Waals surface area (Å²) in [6.07, 6.45) is 1.65. The Bertz CT molecular complexity index is 942. The highest BCUT2D eigenvalue weighted by atomic mass is 35.5. The summed E-state index contributed by atoms with van der Waals surface area (Å²) in [6.45, 7) is 0. The maximum atomic E-state index is 12.7. The third-order valence-electron chi connectivity index (χ3n) is 3.46. The van der Waals surface area contributed by atoms with Crippen molar-refractivity contribution in [2.24, 2.45) is 0 Å². The van der Waals surface area contributed by atoms with Crippen LogP contribution < -0.4 is 4.90 Å². The summed E-state index contributed by atoms with van der Waals surface area (Å²) in [5.41, 5.74) is 0.738. The Hall–Kier alpha value is -2.35. The number of carboxylic acid groups (broad SMARTS) is 1. The molecule has 2 aromatic carbocycles. The lowest BCUT2D eigenvalue weighted by Gasteiger charge is -2.15. The van der Waals surface area contributed by atoms with Gasteiger partial charge >= 0.3 is 5.97 Å². The molecule has 2 N–H and O–H groups in total. The number of hydrogen-bond acceptors (Lipinski definition) is 5. The summed E-state index contributed by atoms with van der Waals surface area (Å²) in [6, 6.07) is 10.9. The second-order valence-electron chi connectivity index (χ2n) is 5.05. The molecule has 0 saturated carbocycles. The highest BCUT2D eigenvalue weighted by Crippen LogP contribution is 2.38. The average molecular weight is 392 g/mol. The van der Waals surface area contributed by atoms with E-state index in [1.165, 1.54) is 23.1 Å². The maximum absolute atomic E-state index is 12.7. The molecular weight excluding hydrogens is 382 g/mol. The summed E-state index contributed by atoms with van der Waals surface area (Å²) < 4.78 is 0.283. The van der Waals surface area contributed by atoms with E-state index in [0.29, 0.717) is 21.2 Å². The van der Waals surface area contributed by atoms with Crippen molar-refractivity contribution in [1.82, 2.24) is 0 Å². The van der Waals surface area contributed by atoms with Gasteiger partial charge in [-0.25, -0.2) is 4.79 Å². The van der Waals surface area contributed by atoms with E-state index in [1.807, 2.05) is 0 Å². The average Bonchev–Trinajstić information content (AvgIpc) is 2.83. The number of aromatic carboxylic acids is 1. The molecule has 1 fully saturated rings. The molecule has 0 atom stereocenters. The number of hydrogen-bond donors (Lipinski definition) is 2. The largest absolute Gasteiger partial charge is 0.507 e. The van der Waals surface area contributed by atoms with E-state index in [1.54, 1.807) is 30.3 Å². The molecule has 0 bridgehead atoms. The minimum Gasteiger partial charge on any atom is -0.507 e. The number of rotatable bonds is 3. The number of thioether (sulfide) groups is 1. The van der Waals surface area contributed by atoms with Crippen molar-refractivity contribution < 1.29 is 19.8 Å². The Balaban J connectivity index is 1.96. The Kier molecular flexibility index (Phi) is 4.80. The molecule has 0 aliphatic carbocycles. The third-order valence-corrected chi connectivity index (χ3v) is 5.10. The zero-order valence-corrected chi connectivity index (χ0v) is 14.9. The molecule has 0 spiro atoms. The van der Waals surface area contributed by atoms with E-state index in [2.05, 4.69) is 0 Å². The van der Waals surface area contributed by atoms with Gasteiger partial charge in [0.15, 0.2) is 4.32 Å². The minimum absolute atomic E-state index is 0.249. The van der Waals surface area contributed by atoms with Crippen LogP contribution in [0.1, 0.15) is 15.9 Å². The van der Waals surface area contributed by atoms with Gasteiger partial charge in [0.2, 0.25) is 0 Å². The Morgan fingerprint density at radius 3 is 2.60 bits per heavy atom. The maximum Gasteiger partial charge on any atom is 0.339 e. The number of aromatic hydroxyl groups is 1. The second kappa shape index (κ2) is 6.87. The van der Waals surface area contributed by atoms with Gasteiger partial charge in [-0.15, -0.1) is 0 Å². The molecule has 126 valence electrons. The topological polar surface area (TPSA) is 77.8 Å². The fourth-order valence-corrected chi connectivity index (χ4v) is 3.74. The summed E-state index contributed by atoms with van der Waals surface area (Å²) in [5, 5.41) is 19.3. The zero-order valence-electron chi connectivity index (χ0n) is 12.5. The quantitative estimate of drug-likeness (QED) is 0.604. The Morgan fingerprint density at radius 2 is 1.96 bits per heavy atom. The van der Waals surface area contributed by atoms with Crippen LogP contribution in [-0.4, -0.2) is 26.4 Å². The van der Waals surface area contributed by atoms with E-state index >= 15 is 0 Å². The Labute approximate surface area is 157 Å². The van der Waals surface area contributed by atoms with Gasteiger partial charge in [-0.3, -0.25) is 9.69 Å². The van der Waals surface area contributed by atoms with Gasteiger partial charge in [-0.2, -0.15) is 0 Å². The lowest BCUT2D eigenvalue weighted by Crippen LogP contribution is -2.27. The van der Waals surface area contributed by atoms with E-state index in [-0.39, 0.29) is 15.8 Å². The first kappa shape index (κ1) is 17.5. The fraction of sp³-hybridized carbons (Fsp3) is 0. The molecule has 3 rings (SSSR count). The number of halogens is 1. The molecule has 0 radical (unpaired) electrons. The van der Waals surface area contributed by atoms with Crippen LogP contribution in [-0.2, 0) is 4.79 Å². The van der Waals surface area contributed by atoms with Crippen molar-refractivity contribution in [3.05, 3.63) is 63.5 Å². The van der Waals surface area contributed by atoms with Gasteiger partial charge in [-0.1, -0.05) is 53.8 Å². The smallest absolute Gasteiger partial charge is 0.339 e. The van der Waals surface area contributed by atoms with Crippen molar-refractivity contribution in [3.63, 3.8) is 0 Å². The van der Waals surface area contributed by atoms with Crippen molar-refractivity contribution in [1.29, 1.82) is 0 Å². The number of thiocarbonyl (C=S) groups is 1.